The topological polar surface area (TPSA) is 127 Å². The third-order valence-electron chi connectivity index (χ3n) is 4.78. The van der Waals surface area contributed by atoms with Crippen molar-refractivity contribution in [3.63, 3.8) is 0 Å². The molecule has 0 saturated carbocycles. The van der Waals surface area contributed by atoms with E-state index in [1.165, 1.54) is 16.9 Å². The lowest BCUT2D eigenvalue weighted by molar-refractivity contribution is 0.0878. The Bertz CT molecular complexity index is 1030. The van der Waals surface area contributed by atoms with Crippen LogP contribution in [0.1, 0.15) is 41.7 Å². The number of hydrogen-bond donors (Lipinski definition) is 2. The molecule has 140 valence electrons. The summed E-state index contributed by atoms with van der Waals surface area (Å²) in [6.45, 7) is 2.12. The van der Waals surface area contributed by atoms with Crippen LogP contribution in [0.3, 0.4) is 0 Å². The highest BCUT2D eigenvalue weighted by Gasteiger charge is 2.25. The molecule has 0 radical (unpaired) electrons. The SMILES string of the molecule is CC1CCc2c(n(C(=O)CCc3nc(-c4ccc(O)cn4)no3)[nH]c2=O)C1. The van der Waals surface area contributed by atoms with Gasteiger partial charge < -0.3 is 9.63 Å². The lowest BCUT2D eigenvalue weighted by Gasteiger charge is -2.18. The maximum Gasteiger partial charge on any atom is 0.267 e. The summed E-state index contributed by atoms with van der Waals surface area (Å²) in [6.07, 6.45) is 4.08. The minimum Gasteiger partial charge on any atom is -0.506 e. The molecule has 0 saturated heterocycles. The summed E-state index contributed by atoms with van der Waals surface area (Å²) in [4.78, 5) is 32.9. The quantitative estimate of drug-likeness (QED) is 0.717. The standard InChI is InChI=1S/C18H19N5O4/c1-10-2-4-12-14(8-10)23(21-18(12)26)16(25)7-6-15-20-17(22-27-15)13-5-3-11(24)9-19-13/h3,5,9-10,24H,2,4,6-8H2,1H3,(H,21,26). The van der Waals surface area contributed by atoms with E-state index in [1.54, 1.807) is 6.07 Å². The lowest BCUT2D eigenvalue weighted by Crippen LogP contribution is -2.20. The maximum absolute atomic E-state index is 12.6. The number of rotatable bonds is 4. The number of nitrogens with zero attached hydrogens (tertiary/aromatic N) is 4. The van der Waals surface area contributed by atoms with E-state index in [2.05, 4.69) is 27.1 Å². The Morgan fingerprint density at radius 3 is 3.07 bits per heavy atom. The monoisotopic (exact) mass is 369 g/mol. The molecule has 9 nitrogen and oxygen atoms in total. The third-order valence-corrected chi connectivity index (χ3v) is 4.78. The van der Waals surface area contributed by atoms with Crippen LogP contribution < -0.4 is 5.56 Å². The first-order valence-electron chi connectivity index (χ1n) is 8.85. The molecule has 27 heavy (non-hydrogen) atoms. The number of aromatic nitrogens is 5. The molecule has 0 fully saturated rings. The largest absolute Gasteiger partial charge is 0.506 e. The van der Waals surface area contributed by atoms with Crippen LogP contribution in [0.25, 0.3) is 11.5 Å². The summed E-state index contributed by atoms with van der Waals surface area (Å²) in [6, 6.07) is 3.06. The molecule has 1 aliphatic rings. The minimum atomic E-state index is -0.204. The number of nitrogens with one attached hydrogen (secondary N) is 1. The van der Waals surface area contributed by atoms with E-state index in [0.29, 0.717) is 23.9 Å². The van der Waals surface area contributed by atoms with Crippen LogP contribution >= 0.6 is 0 Å². The summed E-state index contributed by atoms with van der Waals surface area (Å²) in [5.41, 5.74) is 1.80. The fourth-order valence-corrected chi connectivity index (χ4v) is 3.32. The molecule has 0 bridgehead atoms. The number of aromatic hydroxyl groups is 1. The van der Waals surface area contributed by atoms with Crippen molar-refractivity contribution in [3.8, 4) is 17.3 Å². The van der Waals surface area contributed by atoms with E-state index >= 15 is 0 Å². The summed E-state index contributed by atoms with van der Waals surface area (Å²) in [5, 5.41) is 15.8. The molecule has 0 aromatic carbocycles. The molecule has 0 spiro atoms. The Morgan fingerprint density at radius 2 is 2.30 bits per heavy atom. The van der Waals surface area contributed by atoms with Crippen LogP contribution in [0.15, 0.2) is 27.6 Å². The first kappa shape index (κ1) is 17.2. The number of carbonyl (C=O) groups excluding carboxylic acids is 1. The molecule has 1 atom stereocenters. The van der Waals surface area contributed by atoms with Crippen molar-refractivity contribution in [2.24, 2.45) is 5.92 Å². The fourth-order valence-electron chi connectivity index (χ4n) is 3.32. The van der Waals surface area contributed by atoms with Gasteiger partial charge in [0.15, 0.2) is 0 Å². The average molecular weight is 369 g/mol. The molecular formula is C18H19N5O4. The second-order valence-electron chi connectivity index (χ2n) is 6.86. The van der Waals surface area contributed by atoms with Gasteiger partial charge in [0.1, 0.15) is 11.4 Å². The zero-order chi connectivity index (χ0) is 19.0. The van der Waals surface area contributed by atoms with Gasteiger partial charge in [0.25, 0.3) is 5.56 Å². The predicted molar refractivity (Wildman–Crippen MR) is 94.4 cm³/mol. The molecule has 3 aromatic heterocycles. The molecule has 3 heterocycles. The summed E-state index contributed by atoms with van der Waals surface area (Å²) >= 11 is 0. The molecular weight excluding hydrogens is 350 g/mol. The van der Waals surface area contributed by atoms with Gasteiger partial charge in [-0.1, -0.05) is 12.1 Å². The Morgan fingerprint density at radius 1 is 1.44 bits per heavy atom. The third kappa shape index (κ3) is 3.40. The zero-order valence-electron chi connectivity index (χ0n) is 14.8. The van der Waals surface area contributed by atoms with E-state index < -0.39 is 0 Å². The van der Waals surface area contributed by atoms with E-state index in [4.69, 9.17) is 4.52 Å². The summed E-state index contributed by atoms with van der Waals surface area (Å²) in [7, 11) is 0. The van der Waals surface area contributed by atoms with Gasteiger partial charge in [0, 0.05) is 18.4 Å². The van der Waals surface area contributed by atoms with Gasteiger partial charge in [0.05, 0.1) is 11.9 Å². The van der Waals surface area contributed by atoms with Crippen molar-refractivity contribution in [3.05, 3.63) is 45.8 Å². The van der Waals surface area contributed by atoms with E-state index in [9.17, 15) is 14.7 Å². The van der Waals surface area contributed by atoms with Gasteiger partial charge >= 0.3 is 0 Å². The van der Waals surface area contributed by atoms with Crippen molar-refractivity contribution in [1.29, 1.82) is 0 Å². The smallest absolute Gasteiger partial charge is 0.267 e. The second kappa shape index (κ2) is 6.82. The molecule has 3 aromatic rings. The van der Waals surface area contributed by atoms with Gasteiger partial charge in [-0.2, -0.15) is 4.98 Å². The zero-order valence-corrected chi connectivity index (χ0v) is 14.8. The number of carbonyl (C=O) groups is 1. The van der Waals surface area contributed by atoms with Crippen LogP contribution in [0, 0.1) is 5.92 Å². The van der Waals surface area contributed by atoms with Crippen molar-refractivity contribution >= 4 is 5.91 Å². The van der Waals surface area contributed by atoms with Crippen LogP contribution in [0.2, 0.25) is 0 Å². The highest BCUT2D eigenvalue weighted by Crippen LogP contribution is 2.23. The number of pyridine rings is 1. The molecule has 9 heteroatoms. The summed E-state index contributed by atoms with van der Waals surface area (Å²) in [5.74, 6) is 0.891. The van der Waals surface area contributed by atoms with E-state index in [-0.39, 0.29) is 35.9 Å². The Hall–Kier alpha value is -3.23. The first-order chi connectivity index (χ1) is 13.0. The summed E-state index contributed by atoms with van der Waals surface area (Å²) < 4.78 is 6.55. The maximum atomic E-state index is 12.6. The number of hydrogen-bond acceptors (Lipinski definition) is 7. The molecule has 1 unspecified atom stereocenters. The van der Waals surface area contributed by atoms with Crippen LogP contribution in [0.5, 0.6) is 5.75 Å². The molecule has 1 aliphatic carbocycles. The van der Waals surface area contributed by atoms with Gasteiger partial charge in [-0.3, -0.25) is 14.7 Å². The van der Waals surface area contributed by atoms with Crippen molar-refractivity contribution in [1.82, 2.24) is 24.9 Å². The van der Waals surface area contributed by atoms with Crippen molar-refractivity contribution in [2.75, 3.05) is 0 Å². The Balaban J connectivity index is 1.46. The second-order valence-corrected chi connectivity index (χ2v) is 6.86. The van der Waals surface area contributed by atoms with Gasteiger partial charge in [0.2, 0.25) is 17.6 Å². The highest BCUT2D eigenvalue weighted by atomic mass is 16.5. The number of H-pyrrole nitrogens is 1. The van der Waals surface area contributed by atoms with Gasteiger partial charge in [-0.15, -0.1) is 0 Å². The molecule has 4 rings (SSSR count). The lowest BCUT2D eigenvalue weighted by atomic mass is 9.89. The molecule has 2 N–H and O–H groups in total. The van der Waals surface area contributed by atoms with Crippen molar-refractivity contribution in [2.45, 2.75) is 39.0 Å². The van der Waals surface area contributed by atoms with Crippen LogP contribution in [-0.4, -0.2) is 35.9 Å². The minimum absolute atomic E-state index is 0.0476. The number of fused-ring (bicyclic) bond motifs is 1. The van der Waals surface area contributed by atoms with Crippen LogP contribution in [0.4, 0.5) is 0 Å². The predicted octanol–water partition coefficient (Wildman–Crippen LogP) is 1.72. The highest BCUT2D eigenvalue weighted by molar-refractivity contribution is 5.79. The van der Waals surface area contributed by atoms with E-state index in [0.717, 1.165) is 24.1 Å². The molecule has 0 aliphatic heterocycles. The average Bonchev–Trinajstić information content (AvgIpc) is 3.25. The number of aromatic amines is 1. The number of aryl methyl sites for hydroxylation is 1. The normalized spacial score (nSPS) is 16.3. The van der Waals surface area contributed by atoms with Gasteiger partial charge in [-0.05, 0) is 37.3 Å². The first-order valence-corrected chi connectivity index (χ1v) is 8.85. The Labute approximate surface area is 154 Å². The molecule has 0 amide bonds. The fraction of sp³-hybridized carbons (Fsp3) is 0.389. The van der Waals surface area contributed by atoms with Crippen molar-refractivity contribution < 1.29 is 14.4 Å². The van der Waals surface area contributed by atoms with Crippen LogP contribution in [-0.2, 0) is 19.3 Å². The van der Waals surface area contributed by atoms with E-state index in [1.807, 2.05) is 0 Å². The van der Waals surface area contributed by atoms with Gasteiger partial charge in [-0.25, -0.2) is 9.67 Å². The Kier molecular flexibility index (Phi) is 4.35.